The van der Waals surface area contributed by atoms with Crippen LogP contribution in [0.2, 0.25) is 0 Å². The van der Waals surface area contributed by atoms with E-state index in [1.165, 1.54) is 18.4 Å². The van der Waals surface area contributed by atoms with E-state index in [-0.39, 0.29) is 0 Å². The highest BCUT2D eigenvalue weighted by atomic mass is 16.5. The molecule has 2 atom stereocenters. The quantitative estimate of drug-likeness (QED) is 0.860. The standard InChI is InChI=1S/C15H21NO/c1-11-15(8-9-17-11)16-10-13-4-2-3-5-14(13)12-6-7-12/h2-5,11-12,15-16H,6-10H2,1H3. The van der Waals surface area contributed by atoms with E-state index in [1.54, 1.807) is 5.56 Å². The molecular formula is C15H21NO. The summed E-state index contributed by atoms with van der Waals surface area (Å²) in [6, 6.07) is 9.41. The van der Waals surface area contributed by atoms with Gasteiger partial charge < -0.3 is 10.1 Å². The molecule has 1 heterocycles. The van der Waals surface area contributed by atoms with Gasteiger partial charge in [-0.15, -0.1) is 0 Å². The normalized spacial score (nSPS) is 28.5. The fraction of sp³-hybridized carbons (Fsp3) is 0.600. The number of benzene rings is 1. The van der Waals surface area contributed by atoms with E-state index in [0.717, 1.165) is 25.5 Å². The molecule has 2 heteroatoms. The van der Waals surface area contributed by atoms with Crippen LogP contribution in [0.5, 0.6) is 0 Å². The van der Waals surface area contributed by atoms with Gasteiger partial charge in [0, 0.05) is 19.2 Å². The second kappa shape index (κ2) is 4.79. The summed E-state index contributed by atoms with van der Waals surface area (Å²) in [5.74, 6) is 0.838. The molecule has 0 aromatic heterocycles. The molecule has 2 fully saturated rings. The minimum Gasteiger partial charge on any atom is -0.377 e. The highest BCUT2D eigenvalue weighted by Gasteiger charge is 2.27. The smallest absolute Gasteiger partial charge is 0.0700 e. The van der Waals surface area contributed by atoms with E-state index >= 15 is 0 Å². The Morgan fingerprint density at radius 3 is 2.76 bits per heavy atom. The average molecular weight is 231 g/mol. The van der Waals surface area contributed by atoms with Crippen LogP contribution in [0.1, 0.15) is 43.2 Å². The van der Waals surface area contributed by atoms with E-state index in [1.807, 2.05) is 0 Å². The first-order valence-electron chi connectivity index (χ1n) is 6.77. The zero-order valence-corrected chi connectivity index (χ0v) is 10.5. The van der Waals surface area contributed by atoms with E-state index in [4.69, 9.17) is 4.74 Å². The molecule has 2 nitrogen and oxygen atoms in total. The van der Waals surface area contributed by atoms with E-state index < -0.39 is 0 Å². The van der Waals surface area contributed by atoms with Crippen molar-refractivity contribution in [2.75, 3.05) is 6.61 Å². The van der Waals surface area contributed by atoms with E-state index in [2.05, 4.69) is 36.5 Å². The Bertz CT molecular complexity index is 386. The number of hydrogen-bond donors (Lipinski definition) is 1. The Kier molecular flexibility index (Phi) is 3.17. The van der Waals surface area contributed by atoms with Gasteiger partial charge in [-0.3, -0.25) is 0 Å². The van der Waals surface area contributed by atoms with Gasteiger partial charge in [0.1, 0.15) is 0 Å². The summed E-state index contributed by atoms with van der Waals surface area (Å²) in [7, 11) is 0. The first kappa shape index (κ1) is 11.2. The Balaban J connectivity index is 1.64. The Morgan fingerprint density at radius 1 is 1.24 bits per heavy atom. The third-order valence-electron chi connectivity index (χ3n) is 4.00. The lowest BCUT2D eigenvalue weighted by molar-refractivity contribution is 0.113. The molecule has 1 aromatic rings. The number of hydrogen-bond acceptors (Lipinski definition) is 2. The van der Waals surface area contributed by atoms with Crippen molar-refractivity contribution in [2.45, 2.75) is 50.8 Å². The van der Waals surface area contributed by atoms with Crippen LogP contribution in [-0.2, 0) is 11.3 Å². The van der Waals surface area contributed by atoms with Crippen molar-refractivity contribution in [1.29, 1.82) is 0 Å². The molecule has 1 aliphatic heterocycles. The van der Waals surface area contributed by atoms with Gasteiger partial charge in [-0.1, -0.05) is 24.3 Å². The third-order valence-corrected chi connectivity index (χ3v) is 4.00. The lowest BCUT2D eigenvalue weighted by atomic mass is 10.0. The second-order valence-corrected chi connectivity index (χ2v) is 5.33. The molecule has 3 rings (SSSR count). The molecule has 1 aromatic carbocycles. The van der Waals surface area contributed by atoms with Crippen LogP contribution in [0, 0.1) is 0 Å². The fourth-order valence-electron chi connectivity index (χ4n) is 2.73. The van der Waals surface area contributed by atoms with Crippen molar-refractivity contribution in [3.8, 4) is 0 Å². The molecular weight excluding hydrogens is 210 g/mol. The minimum atomic E-state index is 0.364. The van der Waals surface area contributed by atoms with Crippen LogP contribution < -0.4 is 5.32 Å². The average Bonchev–Trinajstić information content (AvgIpc) is 3.11. The van der Waals surface area contributed by atoms with Crippen LogP contribution >= 0.6 is 0 Å². The predicted molar refractivity (Wildman–Crippen MR) is 69.1 cm³/mol. The zero-order valence-electron chi connectivity index (χ0n) is 10.5. The number of nitrogens with one attached hydrogen (secondary N) is 1. The summed E-state index contributed by atoms with van der Waals surface area (Å²) in [5, 5.41) is 3.65. The summed E-state index contributed by atoms with van der Waals surface area (Å²) < 4.78 is 5.58. The monoisotopic (exact) mass is 231 g/mol. The fourth-order valence-corrected chi connectivity index (χ4v) is 2.73. The van der Waals surface area contributed by atoms with Crippen LogP contribution in [-0.4, -0.2) is 18.8 Å². The Labute approximate surface area is 103 Å². The molecule has 0 bridgehead atoms. The van der Waals surface area contributed by atoms with Crippen LogP contribution in [0.4, 0.5) is 0 Å². The van der Waals surface area contributed by atoms with Gasteiger partial charge >= 0.3 is 0 Å². The maximum absolute atomic E-state index is 5.58. The Morgan fingerprint density at radius 2 is 2.06 bits per heavy atom. The second-order valence-electron chi connectivity index (χ2n) is 5.33. The molecule has 92 valence electrons. The van der Waals surface area contributed by atoms with Gasteiger partial charge in [0.25, 0.3) is 0 Å². The van der Waals surface area contributed by atoms with Crippen molar-refractivity contribution in [1.82, 2.24) is 5.32 Å². The summed E-state index contributed by atoms with van der Waals surface area (Å²) in [6.45, 7) is 4.06. The molecule has 2 aliphatic rings. The topological polar surface area (TPSA) is 21.3 Å². The molecule has 1 N–H and O–H groups in total. The maximum atomic E-state index is 5.58. The molecule has 17 heavy (non-hydrogen) atoms. The molecule has 1 aliphatic carbocycles. The highest BCUT2D eigenvalue weighted by molar-refractivity contribution is 5.33. The molecule has 0 radical (unpaired) electrons. The SMILES string of the molecule is CC1OCCC1NCc1ccccc1C1CC1. The number of ether oxygens (including phenoxy) is 1. The highest BCUT2D eigenvalue weighted by Crippen LogP contribution is 2.41. The van der Waals surface area contributed by atoms with Gasteiger partial charge in [-0.05, 0) is 43.2 Å². The van der Waals surface area contributed by atoms with Crippen molar-refractivity contribution >= 4 is 0 Å². The van der Waals surface area contributed by atoms with Gasteiger partial charge in [-0.2, -0.15) is 0 Å². The first-order chi connectivity index (χ1) is 8.34. The maximum Gasteiger partial charge on any atom is 0.0700 e. The van der Waals surface area contributed by atoms with Gasteiger partial charge in [0.2, 0.25) is 0 Å². The molecule has 0 amide bonds. The lowest BCUT2D eigenvalue weighted by Crippen LogP contribution is -2.34. The number of rotatable bonds is 4. The van der Waals surface area contributed by atoms with Crippen LogP contribution in [0.25, 0.3) is 0 Å². The van der Waals surface area contributed by atoms with E-state index in [9.17, 15) is 0 Å². The third kappa shape index (κ3) is 2.53. The van der Waals surface area contributed by atoms with Crippen molar-refractivity contribution < 1.29 is 4.74 Å². The largest absolute Gasteiger partial charge is 0.377 e. The minimum absolute atomic E-state index is 0.364. The van der Waals surface area contributed by atoms with Crippen LogP contribution in [0.3, 0.4) is 0 Å². The molecule has 0 spiro atoms. The van der Waals surface area contributed by atoms with Gasteiger partial charge in [-0.25, -0.2) is 0 Å². The summed E-state index contributed by atoms with van der Waals surface area (Å²) in [5.41, 5.74) is 3.04. The zero-order chi connectivity index (χ0) is 11.7. The lowest BCUT2D eigenvalue weighted by Gasteiger charge is -2.17. The van der Waals surface area contributed by atoms with Gasteiger partial charge in [0.05, 0.1) is 6.10 Å². The molecule has 1 saturated carbocycles. The van der Waals surface area contributed by atoms with Crippen LogP contribution in [0.15, 0.2) is 24.3 Å². The van der Waals surface area contributed by atoms with Crippen molar-refractivity contribution in [3.63, 3.8) is 0 Å². The Hall–Kier alpha value is -0.860. The molecule has 2 unspecified atom stereocenters. The van der Waals surface area contributed by atoms with Crippen molar-refractivity contribution in [3.05, 3.63) is 35.4 Å². The first-order valence-corrected chi connectivity index (χ1v) is 6.77. The van der Waals surface area contributed by atoms with Gasteiger partial charge in [0.15, 0.2) is 0 Å². The summed E-state index contributed by atoms with van der Waals surface area (Å²) in [4.78, 5) is 0. The van der Waals surface area contributed by atoms with E-state index in [0.29, 0.717) is 12.1 Å². The van der Waals surface area contributed by atoms with Crippen molar-refractivity contribution in [2.24, 2.45) is 0 Å². The summed E-state index contributed by atoms with van der Waals surface area (Å²) >= 11 is 0. The predicted octanol–water partition coefficient (Wildman–Crippen LogP) is 2.83. The molecule has 1 saturated heterocycles. The summed E-state index contributed by atoms with van der Waals surface area (Å²) in [6.07, 6.45) is 4.26.